The molecule has 0 aliphatic heterocycles. The van der Waals surface area contributed by atoms with Gasteiger partial charge in [0.05, 0.1) is 0 Å². The van der Waals surface area contributed by atoms with E-state index in [-0.39, 0.29) is 0 Å². The fourth-order valence-electron chi connectivity index (χ4n) is 2.26. The predicted octanol–water partition coefficient (Wildman–Crippen LogP) is 4.50. The summed E-state index contributed by atoms with van der Waals surface area (Å²) in [5, 5.41) is 0. The topological polar surface area (TPSA) is 0 Å². The Balaban J connectivity index is 1.98. The summed E-state index contributed by atoms with van der Waals surface area (Å²) in [5.74, 6) is 0.750. The van der Waals surface area contributed by atoms with Crippen molar-refractivity contribution in [3.05, 3.63) is 71.8 Å². The van der Waals surface area contributed by atoms with Crippen LogP contribution in [-0.2, 0) is 12.8 Å². The minimum absolute atomic E-state index is 0.750. The van der Waals surface area contributed by atoms with Crippen molar-refractivity contribution in [3.8, 4) is 0 Å². The maximum absolute atomic E-state index is 2.29. The SMILES string of the molecule is CCC(Cc1ccccc1)Cc1ccccc1. The summed E-state index contributed by atoms with van der Waals surface area (Å²) in [7, 11) is 0. The molecule has 0 saturated heterocycles. The van der Waals surface area contributed by atoms with Crippen LogP contribution >= 0.6 is 0 Å². The van der Waals surface area contributed by atoms with E-state index in [4.69, 9.17) is 0 Å². The average molecular weight is 224 g/mol. The molecule has 0 fully saturated rings. The van der Waals surface area contributed by atoms with E-state index in [1.807, 2.05) is 0 Å². The highest BCUT2D eigenvalue weighted by Gasteiger charge is 2.08. The normalized spacial score (nSPS) is 10.7. The monoisotopic (exact) mass is 224 g/mol. The molecule has 2 aromatic carbocycles. The van der Waals surface area contributed by atoms with Crippen molar-refractivity contribution in [3.63, 3.8) is 0 Å². The van der Waals surface area contributed by atoms with Gasteiger partial charge in [-0.2, -0.15) is 0 Å². The van der Waals surface area contributed by atoms with Crippen LogP contribution in [0.3, 0.4) is 0 Å². The largest absolute Gasteiger partial charge is 0.0651 e. The smallest absolute Gasteiger partial charge is 0.0247 e. The number of hydrogen-bond donors (Lipinski definition) is 0. The number of hydrogen-bond acceptors (Lipinski definition) is 0. The lowest BCUT2D eigenvalue weighted by Gasteiger charge is -2.15. The molecule has 0 saturated carbocycles. The van der Waals surface area contributed by atoms with Crippen LogP contribution in [0.5, 0.6) is 0 Å². The highest BCUT2D eigenvalue weighted by atomic mass is 14.1. The zero-order chi connectivity index (χ0) is 11.9. The van der Waals surface area contributed by atoms with Gasteiger partial charge in [0, 0.05) is 0 Å². The van der Waals surface area contributed by atoms with Crippen molar-refractivity contribution >= 4 is 0 Å². The summed E-state index contributed by atoms with van der Waals surface area (Å²) in [6.45, 7) is 2.29. The lowest BCUT2D eigenvalue weighted by atomic mass is 9.91. The third-order valence-electron chi connectivity index (χ3n) is 3.31. The molecule has 0 unspecified atom stereocenters. The van der Waals surface area contributed by atoms with Crippen molar-refractivity contribution in [2.75, 3.05) is 0 Å². The van der Waals surface area contributed by atoms with E-state index in [0.29, 0.717) is 0 Å². The van der Waals surface area contributed by atoms with Crippen LogP contribution in [0.1, 0.15) is 24.5 Å². The average Bonchev–Trinajstić information content (AvgIpc) is 2.40. The van der Waals surface area contributed by atoms with Gasteiger partial charge >= 0.3 is 0 Å². The van der Waals surface area contributed by atoms with Crippen molar-refractivity contribution in [1.82, 2.24) is 0 Å². The Hall–Kier alpha value is -1.56. The van der Waals surface area contributed by atoms with Crippen molar-refractivity contribution in [1.29, 1.82) is 0 Å². The molecule has 2 aromatic rings. The molecule has 0 aliphatic carbocycles. The quantitative estimate of drug-likeness (QED) is 0.701. The molecule has 2 rings (SSSR count). The molecule has 88 valence electrons. The first-order valence-corrected chi connectivity index (χ1v) is 6.46. The molecular weight excluding hydrogens is 204 g/mol. The third kappa shape index (κ3) is 3.74. The Morgan fingerprint density at radius 1 is 0.706 bits per heavy atom. The molecule has 0 heterocycles. The van der Waals surface area contributed by atoms with Gasteiger partial charge < -0.3 is 0 Å². The fraction of sp³-hybridized carbons (Fsp3) is 0.294. The number of benzene rings is 2. The maximum Gasteiger partial charge on any atom is -0.0247 e. The summed E-state index contributed by atoms with van der Waals surface area (Å²) in [6, 6.07) is 21.6. The lowest BCUT2D eigenvalue weighted by molar-refractivity contribution is 0.504. The van der Waals surface area contributed by atoms with Crippen LogP contribution in [-0.4, -0.2) is 0 Å². The van der Waals surface area contributed by atoms with E-state index in [9.17, 15) is 0 Å². The van der Waals surface area contributed by atoms with Gasteiger partial charge in [0.25, 0.3) is 0 Å². The molecule has 0 aromatic heterocycles. The molecule has 0 atom stereocenters. The Bertz CT molecular complexity index is 375. The van der Waals surface area contributed by atoms with E-state index in [0.717, 1.165) is 5.92 Å². The molecule has 0 bridgehead atoms. The Kier molecular flexibility index (Phi) is 4.37. The molecule has 0 spiro atoms. The third-order valence-corrected chi connectivity index (χ3v) is 3.31. The van der Waals surface area contributed by atoms with Crippen molar-refractivity contribution < 1.29 is 0 Å². The van der Waals surface area contributed by atoms with Crippen LogP contribution in [0.25, 0.3) is 0 Å². The number of rotatable bonds is 5. The molecule has 0 aliphatic rings. The highest BCUT2D eigenvalue weighted by molar-refractivity contribution is 5.18. The Morgan fingerprint density at radius 2 is 1.12 bits per heavy atom. The summed E-state index contributed by atoms with van der Waals surface area (Å²) in [5.41, 5.74) is 2.91. The van der Waals surface area contributed by atoms with Crippen LogP contribution < -0.4 is 0 Å². The van der Waals surface area contributed by atoms with Gasteiger partial charge in [-0.15, -0.1) is 0 Å². The minimum atomic E-state index is 0.750. The second-order valence-corrected chi connectivity index (χ2v) is 4.65. The van der Waals surface area contributed by atoms with Crippen LogP contribution in [0.4, 0.5) is 0 Å². The van der Waals surface area contributed by atoms with Crippen molar-refractivity contribution in [2.24, 2.45) is 5.92 Å². The summed E-state index contributed by atoms with van der Waals surface area (Å²) < 4.78 is 0. The van der Waals surface area contributed by atoms with Gasteiger partial charge in [0.2, 0.25) is 0 Å². The molecule has 0 N–H and O–H groups in total. The Labute approximate surface area is 104 Å². The molecular formula is C17H20. The van der Waals surface area contributed by atoms with Gasteiger partial charge in [-0.05, 0) is 29.9 Å². The van der Waals surface area contributed by atoms with Crippen LogP contribution in [0.2, 0.25) is 0 Å². The first-order chi connectivity index (χ1) is 8.38. The fourth-order valence-corrected chi connectivity index (χ4v) is 2.26. The first kappa shape index (κ1) is 11.9. The lowest BCUT2D eigenvalue weighted by Crippen LogP contribution is -2.07. The zero-order valence-electron chi connectivity index (χ0n) is 10.5. The van der Waals surface area contributed by atoms with E-state index in [1.54, 1.807) is 0 Å². The van der Waals surface area contributed by atoms with Gasteiger partial charge in [0.15, 0.2) is 0 Å². The summed E-state index contributed by atoms with van der Waals surface area (Å²) in [6.07, 6.45) is 3.61. The van der Waals surface area contributed by atoms with Crippen LogP contribution in [0.15, 0.2) is 60.7 Å². The van der Waals surface area contributed by atoms with Gasteiger partial charge in [-0.1, -0.05) is 74.0 Å². The molecule has 0 heteroatoms. The van der Waals surface area contributed by atoms with E-state index >= 15 is 0 Å². The van der Waals surface area contributed by atoms with Gasteiger partial charge in [-0.3, -0.25) is 0 Å². The molecule has 0 nitrogen and oxygen atoms in total. The minimum Gasteiger partial charge on any atom is -0.0651 e. The second kappa shape index (κ2) is 6.24. The summed E-state index contributed by atoms with van der Waals surface area (Å²) in [4.78, 5) is 0. The van der Waals surface area contributed by atoms with E-state index in [1.165, 1.54) is 30.4 Å². The molecule has 17 heavy (non-hydrogen) atoms. The second-order valence-electron chi connectivity index (χ2n) is 4.65. The summed E-state index contributed by atoms with van der Waals surface area (Å²) >= 11 is 0. The predicted molar refractivity (Wildman–Crippen MR) is 74.1 cm³/mol. The highest BCUT2D eigenvalue weighted by Crippen LogP contribution is 2.17. The van der Waals surface area contributed by atoms with E-state index < -0.39 is 0 Å². The molecule has 0 radical (unpaired) electrons. The van der Waals surface area contributed by atoms with E-state index in [2.05, 4.69) is 67.6 Å². The standard InChI is InChI=1S/C17H20/c1-2-15(13-16-9-5-3-6-10-16)14-17-11-7-4-8-12-17/h3-12,15H,2,13-14H2,1H3. The van der Waals surface area contributed by atoms with Gasteiger partial charge in [0.1, 0.15) is 0 Å². The van der Waals surface area contributed by atoms with Crippen molar-refractivity contribution in [2.45, 2.75) is 26.2 Å². The maximum atomic E-state index is 2.29. The Morgan fingerprint density at radius 3 is 1.47 bits per heavy atom. The first-order valence-electron chi connectivity index (χ1n) is 6.46. The van der Waals surface area contributed by atoms with Gasteiger partial charge in [-0.25, -0.2) is 0 Å². The zero-order valence-corrected chi connectivity index (χ0v) is 10.5. The molecule has 0 amide bonds. The van der Waals surface area contributed by atoms with Crippen LogP contribution in [0, 0.1) is 5.92 Å².